The molecule has 0 aliphatic rings. The fourth-order valence-electron chi connectivity index (χ4n) is 0.607. The molecule has 0 heterocycles. The van der Waals surface area contributed by atoms with Gasteiger partial charge in [0.2, 0.25) is 0 Å². The average Bonchev–Trinajstić information content (AvgIpc) is 1.59. The molecule has 0 amide bonds. The van der Waals surface area contributed by atoms with Crippen molar-refractivity contribution in [3.8, 4) is 0 Å². The van der Waals surface area contributed by atoms with Crippen molar-refractivity contribution in [2.24, 2.45) is 0 Å². The Bertz CT molecular complexity index is 152. The van der Waals surface area contributed by atoms with Gasteiger partial charge in [-0.25, -0.2) is 0 Å². The molecule has 0 bridgehead atoms. The molecule has 0 atom stereocenters. The van der Waals surface area contributed by atoms with Crippen molar-refractivity contribution in [1.29, 1.82) is 0 Å². The fourth-order valence-corrected chi connectivity index (χ4v) is 3.16. The third kappa shape index (κ3) is 2.41. The van der Waals surface area contributed by atoms with Gasteiger partial charge in [-0.3, -0.25) is 0 Å². The van der Waals surface area contributed by atoms with E-state index in [2.05, 4.69) is 0 Å². The summed E-state index contributed by atoms with van der Waals surface area (Å²) in [4.78, 5) is 31.9. The summed E-state index contributed by atoms with van der Waals surface area (Å²) < 4.78 is -0.750. The van der Waals surface area contributed by atoms with Crippen LogP contribution in [-0.2, 0) is 14.4 Å². The molecule has 0 aromatic rings. The van der Waals surface area contributed by atoms with E-state index < -0.39 is 13.9 Å². The number of carbonyl (C=O) groups is 3. The Kier molecular flexibility index (Phi) is 3.47. The molecular weight excluding hydrogens is 199 g/mol. The second kappa shape index (κ2) is 3.64. The molecule has 10 heavy (non-hydrogen) atoms. The van der Waals surface area contributed by atoms with Gasteiger partial charge >= 0.3 is 63.1 Å². The van der Waals surface area contributed by atoms with Crippen LogP contribution in [0.25, 0.3) is 0 Å². The van der Waals surface area contributed by atoms with E-state index in [0.29, 0.717) is 0 Å². The van der Waals surface area contributed by atoms with Crippen LogP contribution in [0.4, 0.5) is 0 Å². The maximum absolute atomic E-state index is 10.6. The van der Waals surface area contributed by atoms with Gasteiger partial charge in [0.25, 0.3) is 0 Å². The van der Waals surface area contributed by atoms with Gasteiger partial charge in [-0.1, -0.05) is 0 Å². The Morgan fingerprint density at radius 1 is 0.800 bits per heavy atom. The van der Waals surface area contributed by atoms with E-state index in [4.69, 9.17) is 0 Å². The minimum absolute atomic E-state index is 0.250. The van der Waals surface area contributed by atoms with Crippen molar-refractivity contribution < 1.29 is 14.4 Å². The van der Waals surface area contributed by atoms with Crippen LogP contribution in [0.1, 0.15) is 20.8 Å². The Labute approximate surface area is 63.7 Å². The Balaban J connectivity index is 4.43. The summed E-state index contributed by atoms with van der Waals surface area (Å²) in [5.41, 5.74) is 0. The third-order valence-electron chi connectivity index (χ3n) is 0.862. The van der Waals surface area contributed by atoms with Crippen LogP contribution in [-0.4, -0.2) is 27.9 Å². The SMILES string of the molecule is CC(=O)[Se](C(C)=O)C(C)=O. The van der Waals surface area contributed by atoms with E-state index in [-0.39, 0.29) is 14.0 Å². The minimum atomic E-state index is -2.24. The van der Waals surface area contributed by atoms with Crippen LogP contribution >= 0.6 is 0 Å². The zero-order valence-corrected chi connectivity index (χ0v) is 7.85. The van der Waals surface area contributed by atoms with Gasteiger partial charge in [0.1, 0.15) is 0 Å². The van der Waals surface area contributed by atoms with Crippen LogP contribution in [0.3, 0.4) is 0 Å². The molecule has 0 saturated heterocycles. The van der Waals surface area contributed by atoms with E-state index >= 15 is 0 Å². The van der Waals surface area contributed by atoms with Gasteiger partial charge in [0, 0.05) is 0 Å². The molecule has 0 aromatic heterocycles. The predicted octanol–water partition coefficient (Wildman–Crippen LogP) is -0.134. The zero-order chi connectivity index (χ0) is 8.31. The van der Waals surface area contributed by atoms with E-state index in [1.807, 2.05) is 0 Å². The summed E-state index contributed by atoms with van der Waals surface area (Å²) in [7, 11) is 0. The van der Waals surface area contributed by atoms with E-state index in [0.717, 1.165) is 0 Å². The Morgan fingerprint density at radius 2 is 1.00 bits per heavy atom. The number of hydrogen-bond donors (Lipinski definition) is 0. The average molecular weight is 208 g/mol. The van der Waals surface area contributed by atoms with Crippen molar-refractivity contribution in [1.82, 2.24) is 0 Å². The van der Waals surface area contributed by atoms with Crippen LogP contribution in [0.15, 0.2) is 0 Å². The molecule has 0 fully saturated rings. The third-order valence-corrected chi connectivity index (χ3v) is 4.48. The molecule has 0 spiro atoms. The molecule has 0 unspecified atom stereocenters. The first-order valence-corrected chi connectivity index (χ1v) is 5.29. The summed E-state index contributed by atoms with van der Waals surface area (Å²) in [5, 5.41) is 0. The summed E-state index contributed by atoms with van der Waals surface area (Å²) in [6, 6.07) is 0. The number of hydrogen-bond acceptors (Lipinski definition) is 3. The fraction of sp³-hybridized carbons (Fsp3) is 0.500. The zero-order valence-electron chi connectivity index (χ0n) is 6.13. The predicted molar refractivity (Wildman–Crippen MR) is 37.8 cm³/mol. The molecular formula is C6H9O3Se. The van der Waals surface area contributed by atoms with Gasteiger partial charge in [-0.05, 0) is 0 Å². The van der Waals surface area contributed by atoms with Gasteiger partial charge in [0.15, 0.2) is 0 Å². The van der Waals surface area contributed by atoms with Gasteiger partial charge in [-0.2, -0.15) is 0 Å². The second-order valence-corrected chi connectivity index (χ2v) is 6.68. The number of carbonyl (C=O) groups excluding carboxylic acids is 3. The van der Waals surface area contributed by atoms with Gasteiger partial charge in [0.05, 0.1) is 0 Å². The molecule has 1 radical (unpaired) electrons. The summed E-state index contributed by atoms with van der Waals surface area (Å²) in [5.74, 6) is 0. The van der Waals surface area contributed by atoms with E-state index in [1.54, 1.807) is 0 Å². The Morgan fingerprint density at radius 3 is 1.00 bits per heavy atom. The molecule has 0 N–H and O–H groups in total. The van der Waals surface area contributed by atoms with Crippen molar-refractivity contribution in [3.05, 3.63) is 0 Å². The first-order valence-electron chi connectivity index (χ1n) is 2.72. The second-order valence-electron chi connectivity index (χ2n) is 1.78. The summed E-state index contributed by atoms with van der Waals surface area (Å²) in [6.45, 7) is 3.90. The summed E-state index contributed by atoms with van der Waals surface area (Å²) >= 11 is -2.24. The quantitative estimate of drug-likeness (QED) is 0.607. The van der Waals surface area contributed by atoms with Crippen LogP contribution < -0.4 is 0 Å². The first kappa shape index (κ1) is 9.53. The number of rotatable bonds is 3. The van der Waals surface area contributed by atoms with Gasteiger partial charge < -0.3 is 0 Å². The normalized spacial score (nSPS) is 9.60. The van der Waals surface area contributed by atoms with Crippen molar-refractivity contribution >= 4 is 27.9 Å². The molecule has 0 saturated carbocycles. The van der Waals surface area contributed by atoms with Crippen LogP contribution in [0, 0.1) is 0 Å². The molecule has 0 rings (SSSR count). The summed E-state index contributed by atoms with van der Waals surface area (Å²) in [6.07, 6.45) is 0. The van der Waals surface area contributed by atoms with E-state index in [1.165, 1.54) is 20.8 Å². The van der Waals surface area contributed by atoms with Crippen LogP contribution in [0.2, 0.25) is 0 Å². The van der Waals surface area contributed by atoms with Gasteiger partial charge in [-0.15, -0.1) is 0 Å². The molecule has 0 aromatic carbocycles. The first-order chi connectivity index (χ1) is 4.46. The molecule has 57 valence electrons. The maximum atomic E-state index is 10.6. The van der Waals surface area contributed by atoms with Crippen molar-refractivity contribution in [2.45, 2.75) is 20.8 Å². The van der Waals surface area contributed by atoms with E-state index in [9.17, 15) is 14.4 Å². The monoisotopic (exact) mass is 209 g/mol. The van der Waals surface area contributed by atoms with Crippen LogP contribution in [0.5, 0.6) is 0 Å². The topological polar surface area (TPSA) is 51.2 Å². The molecule has 0 aliphatic heterocycles. The van der Waals surface area contributed by atoms with Crippen molar-refractivity contribution in [3.63, 3.8) is 0 Å². The standard InChI is InChI=1S/C6H9O3Se/c1-4(7)10(5(2)8)6(3)9/h1-3H3. The Hall–Kier alpha value is -0.471. The molecule has 0 aliphatic carbocycles. The molecule has 3 nitrogen and oxygen atoms in total. The molecule has 4 heteroatoms. The van der Waals surface area contributed by atoms with Crippen molar-refractivity contribution in [2.75, 3.05) is 0 Å².